The largest absolute Gasteiger partial charge is 0.338 e. The Hall–Kier alpha value is -3.11. The molecule has 3 aromatic rings. The van der Waals surface area contributed by atoms with E-state index in [1.54, 1.807) is 31.2 Å². The van der Waals surface area contributed by atoms with Gasteiger partial charge < -0.3 is 10.6 Å². The predicted molar refractivity (Wildman–Crippen MR) is 116 cm³/mol. The number of halogens is 2. The van der Waals surface area contributed by atoms with Crippen LogP contribution in [0.5, 0.6) is 0 Å². The summed E-state index contributed by atoms with van der Waals surface area (Å²) in [6.45, 7) is 1.31. The quantitative estimate of drug-likeness (QED) is 0.421. The van der Waals surface area contributed by atoms with Gasteiger partial charge in [-0.15, -0.1) is 0 Å². The van der Waals surface area contributed by atoms with Crippen molar-refractivity contribution in [3.05, 3.63) is 65.6 Å². The van der Waals surface area contributed by atoms with E-state index < -0.39 is 15.8 Å². The van der Waals surface area contributed by atoms with E-state index in [2.05, 4.69) is 20.6 Å². The lowest BCUT2D eigenvalue weighted by molar-refractivity contribution is 0.462. The summed E-state index contributed by atoms with van der Waals surface area (Å²) in [6, 6.07) is 12.0. The van der Waals surface area contributed by atoms with Crippen molar-refractivity contribution in [3.8, 4) is 0 Å². The number of nitrogens with zero attached hydrogens (tertiary/aromatic N) is 2. The summed E-state index contributed by atoms with van der Waals surface area (Å²) in [6.07, 6.45) is 3.08. The van der Waals surface area contributed by atoms with Gasteiger partial charge in [0.15, 0.2) is 11.6 Å². The lowest BCUT2D eigenvalue weighted by Gasteiger charge is -2.11. The van der Waals surface area contributed by atoms with Crippen LogP contribution in [0.3, 0.4) is 0 Å². The van der Waals surface area contributed by atoms with Crippen molar-refractivity contribution in [3.63, 3.8) is 0 Å². The van der Waals surface area contributed by atoms with Crippen molar-refractivity contribution in [2.75, 3.05) is 17.3 Å². The van der Waals surface area contributed by atoms with Crippen molar-refractivity contribution in [2.45, 2.75) is 31.1 Å². The summed E-state index contributed by atoms with van der Waals surface area (Å²) in [7, 11) is -3.89. The van der Waals surface area contributed by atoms with Gasteiger partial charge in [-0.05, 0) is 61.6 Å². The maximum Gasteiger partial charge on any atom is 0.238 e. The van der Waals surface area contributed by atoms with Gasteiger partial charge in [-0.1, -0.05) is 18.2 Å². The van der Waals surface area contributed by atoms with Crippen LogP contribution in [0.2, 0.25) is 0 Å². The van der Waals surface area contributed by atoms with Gasteiger partial charge in [-0.2, -0.15) is 4.98 Å². The molecule has 0 spiro atoms. The zero-order valence-electron chi connectivity index (χ0n) is 16.9. The van der Waals surface area contributed by atoms with Gasteiger partial charge in [-0.25, -0.2) is 22.9 Å². The molecule has 1 aromatic heterocycles. The number of nitrogens with one attached hydrogen (secondary N) is 2. The van der Waals surface area contributed by atoms with Crippen LogP contribution in [-0.4, -0.2) is 25.1 Å². The van der Waals surface area contributed by atoms with Crippen LogP contribution >= 0.6 is 0 Å². The highest BCUT2D eigenvalue weighted by molar-refractivity contribution is 7.89. The molecule has 0 atom stereocenters. The molecule has 0 saturated carbocycles. The molecular weight excluding hydrogens is 424 g/mol. The standard InChI is InChI=1S/C21H23F2N5O2S/c1-14-5-8-17(12-19(14)31(24,29)30)27-21-25-13-18(23)20(28-21)26-16-9-6-15(7-10-16)4-2-3-11-22/h5-10,12-13H,2-4,11H2,1H3,(H2,24,29,30)(H2,25,26,27,28). The lowest BCUT2D eigenvalue weighted by Crippen LogP contribution is -2.14. The highest BCUT2D eigenvalue weighted by Gasteiger charge is 2.13. The lowest BCUT2D eigenvalue weighted by atomic mass is 10.1. The maximum atomic E-state index is 14.2. The molecule has 0 saturated heterocycles. The van der Waals surface area contributed by atoms with Crippen molar-refractivity contribution < 1.29 is 17.2 Å². The normalized spacial score (nSPS) is 11.4. The Morgan fingerprint density at radius 2 is 1.74 bits per heavy atom. The number of sulfonamides is 1. The van der Waals surface area contributed by atoms with Crippen LogP contribution in [0.1, 0.15) is 24.0 Å². The first kappa shape index (κ1) is 22.6. The summed E-state index contributed by atoms with van der Waals surface area (Å²) >= 11 is 0. The third-order valence-corrected chi connectivity index (χ3v) is 5.61. The van der Waals surface area contributed by atoms with Crippen LogP contribution in [0.15, 0.2) is 53.6 Å². The molecule has 10 heteroatoms. The molecule has 7 nitrogen and oxygen atoms in total. The molecule has 164 valence electrons. The second kappa shape index (κ2) is 9.80. The number of primary sulfonamides is 1. The Morgan fingerprint density at radius 1 is 1.03 bits per heavy atom. The second-order valence-corrected chi connectivity index (χ2v) is 8.54. The molecular formula is C21H23F2N5O2S. The van der Waals surface area contributed by atoms with Crippen molar-refractivity contribution in [2.24, 2.45) is 5.14 Å². The Bertz CT molecular complexity index is 1150. The number of anilines is 4. The Labute approximate surface area is 179 Å². The minimum atomic E-state index is -3.89. The second-order valence-electron chi connectivity index (χ2n) is 7.01. The predicted octanol–water partition coefficient (Wildman–Crippen LogP) is 4.35. The van der Waals surface area contributed by atoms with Crippen LogP contribution < -0.4 is 15.8 Å². The van der Waals surface area contributed by atoms with Gasteiger partial charge in [0.25, 0.3) is 0 Å². The number of aromatic nitrogens is 2. The summed E-state index contributed by atoms with van der Waals surface area (Å²) in [5.74, 6) is -0.607. The summed E-state index contributed by atoms with van der Waals surface area (Å²) in [5, 5.41) is 11.0. The summed E-state index contributed by atoms with van der Waals surface area (Å²) < 4.78 is 49.8. The third-order valence-electron chi connectivity index (χ3n) is 4.56. The molecule has 3 rings (SSSR count). The van der Waals surface area contributed by atoms with Gasteiger partial charge in [-0.3, -0.25) is 4.39 Å². The van der Waals surface area contributed by atoms with Gasteiger partial charge >= 0.3 is 0 Å². The van der Waals surface area contributed by atoms with E-state index in [9.17, 15) is 17.2 Å². The average molecular weight is 448 g/mol. The molecule has 4 N–H and O–H groups in total. The number of hydrogen-bond acceptors (Lipinski definition) is 6. The smallest absolute Gasteiger partial charge is 0.238 e. The van der Waals surface area contributed by atoms with Gasteiger partial charge in [0, 0.05) is 11.4 Å². The number of aryl methyl sites for hydroxylation is 2. The molecule has 0 bridgehead atoms. The summed E-state index contributed by atoms with van der Waals surface area (Å²) in [5.41, 5.74) is 2.59. The van der Waals surface area contributed by atoms with Gasteiger partial charge in [0.05, 0.1) is 17.8 Å². The van der Waals surface area contributed by atoms with E-state index in [4.69, 9.17) is 5.14 Å². The molecule has 0 fully saturated rings. The number of nitrogens with two attached hydrogens (primary N) is 1. The third kappa shape index (κ3) is 6.19. The van der Waals surface area contributed by atoms with Gasteiger partial charge in [0.1, 0.15) is 0 Å². The molecule has 0 unspecified atom stereocenters. The van der Waals surface area contributed by atoms with Crippen LogP contribution in [0, 0.1) is 12.7 Å². The minimum absolute atomic E-state index is 0.0236. The highest BCUT2D eigenvalue weighted by atomic mass is 32.2. The van der Waals surface area contributed by atoms with Crippen LogP contribution in [-0.2, 0) is 16.4 Å². The van der Waals surface area contributed by atoms with E-state index >= 15 is 0 Å². The number of hydrogen-bond donors (Lipinski definition) is 3. The molecule has 2 aromatic carbocycles. The highest BCUT2D eigenvalue weighted by Crippen LogP contribution is 2.23. The molecule has 31 heavy (non-hydrogen) atoms. The van der Waals surface area contributed by atoms with Crippen molar-refractivity contribution >= 4 is 33.2 Å². The number of rotatable bonds is 9. The topological polar surface area (TPSA) is 110 Å². The Balaban J connectivity index is 1.75. The zero-order chi connectivity index (χ0) is 22.4. The van der Waals surface area contributed by atoms with Crippen LogP contribution in [0.25, 0.3) is 0 Å². The first-order valence-electron chi connectivity index (χ1n) is 9.61. The maximum absolute atomic E-state index is 14.2. The molecule has 0 aliphatic rings. The first-order valence-corrected chi connectivity index (χ1v) is 11.2. The molecule has 1 heterocycles. The number of unbranched alkanes of at least 4 members (excludes halogenated alkanes) is 1. The van der Waals surface area contributed by atoms with E-state index in [0.717, 1.165) is 24.6 Å². The zero-order valence-corrected chi connectivity index (χ0v) is 17.7. The minimum Gasteiger partial charge on any atom is -0.338 e. The molecule has 0 amide bonds. The fourth-order valence-corrected chi connectivity index (χ4v) is 3.75. The molecule has 0 radical (unpaired) electrons. The fourth-order valence-electron chi connectivity index (χ4n) is 2.94. The van der Waals surface area contributed by atoms with Crippen molar-refractivity contribution in [1.29, 1.82) is 0 Å². The molecule has 0 aliphatic heterocycles. The number of alkyl halides is 1. The van der Waals surface area contributed by atoms with E-state index in [-0.39, 0.29) is 23.3 Å². The first-order chi connectivity index (χ1) is 14.8. The number of benzene rings is 2. The van der Waals surface area contributed by atoms with E-state index in [1.165, 1.54) is 6.07 Å². The van der Waals surface area contributed by atoms with E-state index in [1.807, 2.05) is 12.1 Å². The van der Waals surface area contributed by atoms with Gasteiger partial charge in [0.2, 0.25) is 16.0 Å². The van der Waals surface area contributed by atoms with Crippen molar-refractivity contribution in [1.82, 2.24) is 9.97 Å². The van der Waals surface area contributed by atoms with E-state index in [0.29, 0.717) is 23.4 Å². The van der Waals surface area contributed by atoms with Crippen LogP contribution in [0.4, 0.5) is 31.9 Å². The Kier molecular flexibility index (Phi) is 7.13. The monoisotopic (exact) mass is 447 g/mol. The average Bonchev–Trinajstić information content (AvgIpc) is 2.72. The summed E-state index contributed by atoms with van der Waals surface area (Å²) in [4.78, 5) is 8.00. The fraction of sp³-hybridized carbons (Fsp3) is 0.238. The Morgan fingerprint density at radius 3 is 2.42 bits per heavy atom. The SMILES string of the molecule is Cc1ccc(Nc2ncc(F)c(Nc3ccc(CCCCF)cc3)n2)cc1S(N)(=O)=O. The molecule has 0 aliphatic carbocycles.